The van der Waals surface area contributed by atoms with Crippen LogP contribution in [-0.4, -0.2) is 39.3 Å². The maximum Gasteiger partial charge on any atom is 0.306 e. The van der Waals surface area contributed by atoms with Crippen LogP contribution in [0.4, 0.5) is 0 Å². The van der Waals surface area contributed by atoms with Gasteiger partial charge in [0.05, 0.1) is 17.4 Å². The molecular formula is C30H42O6. The van der Waals surface area contributed by atoms with E-state index in [0.29, 0.717) is 38.5 Å². The summed E-state index contributed by atoms with van der Waals surface area (Å²) >= 11 is 0. The number of carbonyl (C=O) groups excluding carboxylic acids is 1. The number of aliphatic hydroxyl groups is 1. The van der Waals surface area contributed by atoms with Gasteiger partial charge in [0.25, 0.3) is 0 Å². The van der Waals surface area contributed by atoms with Crippen LogP contribution in [0, 0.1) is 33.5 Å². The third-order valence-electron chi connectivity index (χ3n) is 11.5. The van der Waals surface area contributed by atoms with Crippen LogP contribution >= 0.6 is 0 Å². The van der Waals surface area contributed by atoms with Gasteiger partial charge in [-0.05, 0) is 82.9 Å². The molecule has 3 fully saturated rings. The smallest absolute Gasteiger partial charge is 0.306 e. The second kappa shape index (κ2) is 7.64. The molecule has 0 aromatic rings. The monoisotopic (exact) mass is 498 g/mol. The predicted molar refractivity (Wildman–Crippen MR) is 136 cm³/mol. The quantitative estimate of drug-likeness (QED) is 0.381. The maximum absolute atomic E-state index is 13.0. The molecule has 6 rings (SSSR count). The lowest BCUT2D eigenvalue weighted by atomic mass is 9.39. The van der Waals surface area contributed by atoms with Crippen LogP contribution in [0.15, 0.2) is 35.5 Å². The van der Waals surface area contributed by atoms with E-state index < -0.39 is 56.8 Å². The van der Waals surface area contributed by atoms with Crippen LogP contribution in [0.5, 0.6) is 0 Å². The van der Waals surface area contributed by atoms with Gasteiger partial charge in [-0.15, -0.1) is 0 Å². The molecule has 0 unspecified atom stereocenters. The molecule has 0 aromatic heterocycles. The molecule has 6 nitrogen and oxygen atoms in total. The van der Waals surface area contributed by atoms with Crippen molar-refractivity contribution in [1.82, 2.24) is 0 Å². The molecule has 2 aliphatic heterocycles. The van der Waals surface area contributed by atoms with E-state index in [2.05, 4.69) is 45.1 Å². The first-order valence-electron chi connectivity index (χ1n) is 13.5. The Morgan fingerprint density at radius 3 is 2.44 bits per heavy atom. The predicted octanol–water partition coefficient (Wildman–Crippen LogP) is 5.56. The second-order valence-electron chi connectivity index (χ2n) is 13.5. The van der Waals surface area contributed by atoms with Gasteiger partial charge in [-0.3, -0.25) is 9.59 Å². The van der Waals surface area contributed by atoms with Gasteiger partial charge in [-0.2, -0.15) is 0 Å². The fourth-order valence-corrected chi connectivity index (χ4v) is 9.14. The Hall–Kier alpha value is -1.76. The number of allylic oxidation sites excluding steroid dienone is 3. The Morgan fingerprint density at radius 2 is 1.86 bits per heavy atom. The number of ketones is 1. The topological polar surface area (TPSA) is 93.1 Å². The lowest BCUT2D eigenvalue weighted by molar-refractivity contribution is -0.473. The molecule has 2 bridgehead atoms. The summed E-state index contributed by atoms with van der Waals surface area (Å²) in [5, 5.41) is 21.8. The van der Waals surface area contributed by atoms with Crippen LogP contribution in [0.3, 0.4) is 0 Å². The van der Waals surface area contributed by atoms with Gasteiger partial charge in [0.1, 0.15) is 17.0 Å². The number of hydrogen-bond donors (Lipinski definition) is 2. The zero-order valence-electron chi connectivity index (χ0n) is 22.8. The Bertz CT molecular complexity index is 1100. The van der Waals surface area contributed by atoms with E-state index in [1.807, 2.05) is 27.7 Å². The van der Waals surface area contributed by atoms with Crippen LogP contribution in [0.2, 0.25) is 0 Å². The van der Waals surface area contributed by atoms with Gasteiger partial charge in [-0.25, -0.2) is 9.78 Å². The van der Waals surface area contributed by atoms with Crippen molar-refractivity contribution in [2.75, 3.05) is 0 Å². The zero-order chi connectivity index (χ0) is 26.5. The number of rotatable bonds is 5. The molecule has 0 amide bonds. The van der Waals surface area contributed by atoms with Crippen LogP contribution < -0.4 is 0 Å². The maximum atomic E-state index is 13.0. The lowest BCUT2D eigenvalue weighted by Gasteiger charge is -2.71. The minimum Gasteiger partial charge on any atom is -0.481 e. The highest BCUT2D eigenvalue weighted by Crippen LogP contribution is 2.77. The van der Waals surface area contributed by atoms with Crippen molar-refractivity contribution in [3.63, 3.8) is 0 Å². The molecule has 8 atom stereocenters. The summed E-state index contributed by atoms with van der Waals surface area (Å²) in [6, 6.07) is 0. The summed E-state index contributed by atoms with van der Waals surface area (Å²) in [7, 11) is 0. The number of aliphatic carboxylic acids is 1. The molecule has 2 N–H and O–H groups in total. The standard InChI is InChI=1S/C30H42O6/c1-18(2)9-8-10-19(24(33)34)23-20(31)17-28(7)27(23,6)13-11-21-26(5)14-12-22(32)25(3,4)30(26)16-15-29(21,28)35-36-30/h9,11,15-16,19-20,23,31H,8,10,12-14,17H2,1-7H3,(H,33,34)/t19-,20-,23+,26-,27-,28-,29-,30-/m1/s1. The SMILES string of the molecule is CC(C)=CCC[C@@H](C(=O)O)[C@H]1[C@H](O)C[C@@]2(C)[C@]34C=C[C@@]5(OO3)C(C)(C)C(=O)CC[C@]5(C)C4=CC[C@]12C. The fourth-order valence-electron chi connectivity index (χ4n) is 9.14. The Kier molecular flexibility index (Phi) is 5.49. The molecular weight excluding hydrogens is 456 g/mol. The number of fused-ring (bicyclic) bond motifs is 2. The minimum absolute atomic E-state index is 0.173. The average molecular weight is 499 g/mol. The summed E-state index contributed by atoms with van der Waals surface area (Å²) in [6.45, 7) is 14.4. The largest absolute Gasteiger partial charge is 0.481 e. The number of carbonyl (C=O) groups is 2. The normalized spacial score (nSPS) is 46.9. The van der Waals surface area contributed by atoms with E-state index in [0.717, 1.165) is 11.1 Å². The first-order chi connectivity index (χ1) is 16.6. The van der Waals surface area contributed by atoms with Crippen molar-refractivity contribution in [1.29, 1.82) is 0 Å². The van der Waals surface area contributed by atoms with Gasteiger partial charge in [0, 0.05) is 23.2 Å². The third kappa shape index (κ3) is 2.74. The first-order valence-corrected chi connectivity index (χ1v) is 13.5. The Labute approximate surface area is 214 Å². The lowest BCUT2D eigenvalue weighted by Crippen LogP contribution is -2.75. The van der Waals surface area contributed by atoms with Crippen molar-refractivity contribution < 1.29 is 29.6 Å². The fraction of sp³-hybridized carbons (Fsp3) is 0.733. The molecule has 4 aliphatic carbocycles. The van der Waals surface area contributed by atoms with E-state index in [9.17, 15) is 19.8 Å². The number of aliphatic hydroxyl groups excluding tert-OH is 1. The van der Waals surface area contributed by atoms with Gasteiger partial charge in [0.15, 0.2) is 0 Å². The molecule has 6 aliphatic rings. The van der Waals surface area contributed by atoms with Gasteiger partial charge in [0.2, 0.25) is 0 Å². The van der Waals surface area contributed by atoms with Crippen LogP contribution in [-0.2, 0) is 19.4 Å². The molecule has 6 heteroatoms. The van der Waals surface area contributed by atoms with E-state index in [1.54, 1.807) is 0 Å². The number of carboxylic acids is 1. The molecule has 198 valence electrons. The molecule has 36 heavy (non-hydrogen) atoms. The second-order valence-corrected chi connectivity index (χ2v) is 13.5. The summed E-state index contributed by atoms with van der Waals surface area (Å²) in [6.07, 6.45) is 11.1. The molecule has 2 spiro atoms. The van der Waals surface area contributed by atoms with E-state index in [-0.39, 0.29) is 5.78 Å². The van der Waals surface area contributed by atoms with Gasteiger partial charge >= 0.3 is 5.97 Å². The van der Waals surface area contributed by atoms with Gasteiger partial charge in [-0.1, -0.05) is 38.5 Å². The molecule has 0 radical (unpaired) electrons. The van der Waals surface area contributed by atoms with E-state index >= 15 is 0 Å². The average Bonchev–Trinajstić information content (AvgIpc) is 3.00. The van der Waals surface area contributed by atoms with E-state index in [1.165, 1.54) is 0 Å². The summed E-state index contributed by atoms with van der Waals surface area (Å²) in [5.74, 6) is -1.75. The highest BCUT2D eigenvalue weighted by Gasteiger charge is 2.80. The molecule has 1 saturated heterocycles. The van der Waals surface area contributed by atoms with Gasteiger partial charge < -0.3 is 10.2 Å². The number of Topliss-reactive ketones (excluding diaryl/α,β-unsaturated/α-hetero) is 1. The minimum atomic E-state index is -0.911. The first kappa shape index (κ1) is 25.9. The van der Waals surface area contributed by atoms with Crippen molar-refractivity contribution in [2.45, 2.75) is 104 Å². The Balaban J connectivity index is 1.63. The molecule has 2 saturated carbocycles. The Morgan fingerprint density at radius 1 is 1.17 bits per heavy atom. The molecule has 0 aromatic carbocycles. The zero-order valence-corrected chi connectivity index (χ0v) is 22.8. The number of hydrogen-bond acceptors (Lipinski definition) is 5. The van der Waals surface area contributed by atoms with Crippen molar-refractivity contribution in [3.8, 4) is 0 Å². The van der Waals surface area contributed by atoms with Crippen LogP contribution in [0.25, 0.3) is 0 Å². The summed E-state index contributed by atoms with van der Waals surface area (Å²) < 4.78 is 0. The van der Waals surface area contributed by atoms with Crippen LogP contribution in [0.1, 0.15) is 87.0 Å². The third-order valence-corrected chi connectivity index (χ3v) is 11.5. The number of carboxylic acid groups (broad SMARTS) is 1. The van der Waals surface area contributed by atoms with Crippen molar-refractivity contribution in [3.05, 3.63) is 35.5 Å². The van der Waals surface area contributed by atoms with Crippen molar-refractivity contribution in [2.24, 2.45) is 33.5 Å². The molecule has 2 heterocycles. The highest BCUT2D eigenvalue weighted by atomic mass is 17.2. The summed E-state index contributed by atoms with van der Waals surface area (Å²) in [4.78, 5) is 38.4. The summed E-state index contributed by atoms with van der Waals surface area (Å²) in [5.41, 5.74) is -1.79. The van der Waals surface area contributed by atoms with E-state index in [4.69, 9.17) is 9.78 Å². The highest BCUT2D eigenvalue weighted by molar-refractivity contribution is 5.88. The van der Waals surface area contributed by atoms with Crippen molar-refractivity contribution >= 4 is 11.8 Å².